The summed E-state index contributed by atoms with van der Waals surface area (Å²) in [6.07, 6.45) is 1.79. The molecule has 4 rings (SSSR count). The molecule has 1 amide bonds. The smallest absolute Gasteiger partial charge is 0.256 e. The number of rotatable bonds is 6. The van der Waals surface area contributed by atoms with E-state index in [4.69, 9.17) is 21.1 Å². The van der Waals surface area contributed by atoms with Crippen molar-refractivity contribution in [1.29, 1.82) is 0 Å². The molecule has 4 nitrogen and oxygen atoms in total. The zero-order chi connectivity index (χ0) is 21.1. The van der Waals surface area contributed by atoms with Crippen LogP contribution in [-0.2, 0) is 11.4 Å². The molecule has 3 aromatic rings. The highest BCUT2D eigenvalue weighted by molar-refractivity contribution is 6.36. The van der Waals surface area contributed by atoms with Crippen molar-refractivity contribution in [3.8, 4) is 11.5 Å². The van der Waals surface area contributed by atoms with Gasteiger partial charge in [-0.15, -0.1) is 0 Å². The maximum atomic E-state index is 13.9. The maximum absolute atomic E-state index is 13.9. The molecule has 0 spiro atoms. The number of nitrogens with one attached hydrogen (secondary N) is 1. The molecular weight excluding hydrogens is 405 g/mol. The highest BCUT2D eigenvalue weighted by atomic mass is 35.5. The topological polar surface area (TPSA) is 47.6 Å². The molecular formula is C24H19ClFNO3. The Bertz CT molecular complexity index is 1140. The van der Waals surface area contributed by atoms with Crippen LogP contribution in [0.15, 0.2) is 60.7 Å². The zero-order valence-electron chi connectivity index (χ0n) is 16.2. The summed E-state index contributed by atoms with van der Waals surface area (Å²) in [5, 5.41) is 3.38. The van der Waals surface area contributed by atoms with E-state index in [1.807, 2.05) is 19.1 Å². The molecule has 3 aromatic carbocycles. The lowest BCUT2D eigenvalue weighted by Crippen LogP contribution is -2.04. The van der Waals surface area contributed by atoms with Crippen molar-refractivity contribution in [2.24, 2.45) is 0 Å². The predicted octanol–water partition coefficient (Wildman–Crippen LogP) is 5.95. The van der Waals surface area contributed by atoms with E-state index < -0.39 is 0 Å². The summed E-state index contributed by atoms with van der Waals surface area (Å²) >= 11 is 6.01. The second-order valence-corrected chi connectivity index (χ2v) is 7.16. The molecule has 6 heteroatoms. The Labute approximate surface area is 178 Å². The molecule has 0 unspecified atom stereocenters. The third kappa shape index (κ3) is 4.16. The summed E-state index contributed by atoms with van der Waals surface area (Å²) in [6.45, 7) is 2.40. The van der Waals surface area contributed by atoms with Crippen LogP contribution in [-0.4, -0.2) is 12.5 Å². The quantitative estimate of drug-likeness (QED) is 0.498. The van der Waals surface area contributed by atoms with Crippen molar-refractivity contribution in [3.05, 3.63) is 88.2 Å². The van der Waals surface area contributed by atoms with Crippen molar-refractivity contribution in [2.75, 3.05) is 11.9 Å². The standard InChI is InChI=1S/C24H19ClFNO3/c1-2-29-23-12-15(7-10-22(23)30-14-16-5-3-4-6-20(16)26)11-19-18-9-8-17(25)13-21(18)27-24(19)28/h3-13H,2,14H2,1H3,(H,27,28)/b19-11+. The lowest BCUT2D eigenvalue weighted by Gasteiger charge is -2.13. The van der Waals surface area contributed by atoms with Gasteiger partial charge in [0.25, 0.3) is 5.91 Å². The van der Waals surface area contributed by atoms with Gasteiger partial charge in [0, 0.05) is 21.7 Å². The fourth-order valence-electron chi connectivity index (χ4n) is 3.25. The fourth-order valence-corrected chi connectivity index (χ4v) is 3.42. The Balaban J connectivity index is 1.61. The SMILES string of the molecule is CCOc1cc(/C=C2/C(=O)Nc3cc(Cl)ccc32)ccc1OCc1ccccc1F. The normalized spacial score (nSPS) is 13.8. The Kier molecular flexibility index (Phi) is 5.72. The largest absolute Gasteiger partial charge is 0.490 e. The van der Waals surface area contributed by atoms with Crippen LogP contribution in [0.4, 0.5) is 10.1 Å². The van der Waals surface area contributed by atoms with E-state index in [9.17, 15) is 9.18 Å². The van der Waals surface area contributed by atoms with Crippen molar-refractivity contribution in [3.63, 3.8) is 0 Å². The first-order chi connectivity index (χ1) is 14.5. The molecule has 0 saturated carbocycles. The van der Waals surface area contributed by atoms with Crippen molar-refractivity contribution in [2.45, 2.75) is 13.5 Å². The van der Waals surface area contributed by atoms with Crippen LogP contribution in [0.2, 0.25) is 5.02 Å². The van der Waals surface area contributed by atoms with Gasteiger partial charge < -0.3 is 14.8 Å². The number of fused-ring (bicyclic) bond motifs is 1. The Hall–Kier alpha value is -3.31. The van der Waals surface area contributed by atoms with E-state index in [1.54, 1.807) is 48.5 Å². The van der Waals surface area contributed by atoms with Crippen LogP contribution in [0.3, 0.4) is 0 Å². The van der Waals surface area contributed by atoms with E-state index in [1.165, 1.54) is 6.07 Å². The molecule has 0 aliphatic carbocycles. The molecule has 1 aliphatic heterocycles. The summed E-state index contributed by atoms with van der Waals surface area (Å²) in [6, 6.07) is 17.1. The van der Waals surface area contributed by atoms with Crippen LogP contribution in [0.5, 0.6) is 11.5 Å². The van der Waals surface area contributed by atoms with Crippen LogP contribution in [0.1, 0.15) is 23.6 Å². The Morgan fingerprint density at radius 3 is 2.67 bits per heavy atom. The van der Waals surface area contributed by atoms with E-state index in [0.717, 1.165) is 11.1 Å². The lowest BCUT2D eigenvalue weighted by atomic mass is 10.0. The number of halogens is 2. The molecule has 0 saturated heterocycles. The second kappa shape index (κ2) is 8.59. The molecule has 0 radical (unpaired) electrons. The molecule has 0 atom stereocenters. The van der Waals surface area contributed by atoms with E-state index in [0.29, 0.717) is 40.0 Å². The summed E-state index contributed by atoms with van der Waals surface area (Å²) in [5.74, 6) is 0.524. The van der Waals surface area contributed by atoms with Gasteiger partial charge in [0.2, 0.25) is 0 Å². The van der Waals surface area contributed by atoms with Gasteiger partial charge in [-0.3, -0.25) is 4.79 Å². The van der Waals surface area contributed by atoms with Gasteiger partial charge in [-0.1, -0.05) is 41.9 Å². The first-order valence-corrected chi connectivity index (χ1v) is 9.89. The van der Waals surface area contributed by atoms with Crippen LogP contribution >= 0.6 is 11.6 Å². The minimum Gasteiger partial charge on any atom is -0.490 e. The summed E-state index contributed by atoms with van der Waals surface area (Å²) in [5.41, 5.74) is 3.27. The van der Waals surface area contributed by atoms with Gasteiger partial charge in [-0.2, -0.15) is 0 Å². The van der Waals surface area contributed by atoms with E-state index in [2.05, 4.69) is 5.32 Å². The summed E-state index contributed by atoms with van der Waals surface area (Å²) < 4.78 is 25.3. The van der Waals surface area contributed by atoms with E-state index in [-0.39, 0.29) is 18.3 Å². The van der Waals surface area contributed by atoms with Crippen molar-refractivity contribution < 1.29 is 18.7 Å². The molecule has 1 N–H and O–H groups in total. The maximum Gasteiger partial charge on any atom is 0.256 e. The van der Waals surface area contributed by atoms with Crippen LogP contribution in [0, 0.1) is 5.82 Å². The average Bonchev–Trinajstić information content (AvgIpc) is 3.03. The number of carbonyl (C=O) groups excluding carboxylic acids is 1. The molecule has 0 bridgehead atoms. The number of carbonyl (C=O) groups is 1. The third-order valence-electron chi connectivity index (χ3n) is 4.68. The number of anilines is 1. The monoisotopic (exact) mass is 423 g/mol. The van der Waals surface area contributed by atoms with Crippen molar-refractivity contribution in [1.82, 2.24) is 0 Å². The number of benzene rings is 3. The zero-order valence-corrected chi connectivity index (χ0v) is 17.0. The number of amides is 1. The number of hydrogen-bond acceptors (Lipinski definition) is 3. The van der Waals surface area contributed by atoms with Gasteiger partial charge >= 0.3 is 0 Å². The third-order valence-corrected chi connectivity index (χ3v) is 4.92. The Morgan fingerprint density at radius 1 is 1.03 bits per heavy atom. The second-order valence-electron chi connectivity index (χ2n) is 6.72. The molecule has 0 aromatic heterocycles. The van der Waals surface area contributed by atoms with Gasteiger partial charge in [0.15, 0.2) is 11.5 Å². The minimum absolute atomic E-state index is 0.0870. The molecule has 1 aliphatic rings. The van der Waals surface area contributed by atoms with E-state index >= 15 is 0 Å². The summed E-state index contributed by atoms with van der Waals surface area (Å²) in [7, 11) is 0. The minimum atomic E-state index is -0.317. The molecule has 152 valence electrons. The molecule has 30 heavy (non-hydrogen) atoms. The lowest BCUT2D eigenvalue weighted by molar-refractivity contribution is -0.110. The van der Waals surface area contributed by atoms with Gasteiger partial charge in [-0.25, -0.2) is 4.39 Å². The highest BCUT2D eigenvalue weighted by Gasteiger charge is 2.24. The van der Waals surface area contributed by atoms with Gasteiger partial charge in [0.1, 0.15) is 12.4 Å². The first-order valence-electron chi connectivity index (χ1n) is 9.51. The van der Waals surface area contributed by atoms with Gasteiger partial charge in [-0.05, 0) is 48.9 Å². The highest BCUT2D eigenvalue weighted by Crippen LogP contribution is 2.36. The average molecular weight is 424 g/mol. The molecule has 1 heterocycles. The van der Waals surface area contributed by atoms with Gasteiger partial charge in [0.05, 0.1) is 12.3 Å². The predicted molar refractivity (Wildman–Crippen MR) is 116 cm³/mol. The van der Waals surface area contributed by atoms with Crippen molar-refractivity contribution >= 4 is 34.8 Å². The fraction of sp³-hybridized carbons (Fsp3) is 0.125. The molecule has 0 fully saturated rings. The number of ether oxygens (including phenoxy) is 2. The van der Waals surface area contributed by atoms with Crippen LogP contribution in [0.25, 0.3) is 11.6 Å². The summed E-state index contributed by atoms with van der Waals surface area (Å²) in [4.78, 5) is 12.4. The van der Waals surface area contributed by atoms with Crippen LogP contribution < -0.4 is 14.8 Å². The Morgan fingerprint density at radius 2 is 1.87 bits per heavy atom. The number of hydrogen-bond donors (Lipinski definition) is 1. The first kappa shape index (κ1) is 20.0.